The molecule has 1 nitrogen and oxygen atoms in total. The van der Waals surface area contributed by atoms with E-state index in [2.05, 4.69) is 43.3 Å². The van der Waals surface area contributed by atoms with Crippen LogP contribution in [-0.2, 0) is 0 Å². The zero-order chi connectivity index (χ0) is 13.3. The van der Waals surface area contributed by atoms with Crippen molar-refractivity contribution >= 4 is 15.9 Å². The van der Waals surface area contributed by atoms with Crippen molar-refractivity contribution in [3.63, 3.8) is 0 Å². The molecule has 0 unspecified atom stereocenters. The second-order valence-corrected chi connectivity index (χ2v) is 7.15. The lowest BCUT2D eigenvalue weighted by atomic mass is 9.70. The van der Waals surface area contributed by atoms with Crippen LogP contribution in [0.2, 0.25) is 0 Å². The molecular formula is C15H25BrO. The summed E-state index contributed by atoms with van der Waals surface area (Å²) < 4.78 is 0. The standard InChI is InChI=1S/C15H25BrO/c1-6-15(5,17)10-9-12-11(2)7-8-13(16)14(12,3)4/h6,13,17H,1,7-10H2,2-5H3/t13-,15-/m0/s1. The van der Waals surface area contributed by atoms with Gasteiger partial charge in [0, 0.05) is 4.83 Å². The second kappa shape index (κ2) is 5.27. The Morgan fingerprint density at radius 2 is 2.18 bits per heavy atom. The molecular weight excluding hydrogens is 276 g/mol. The molecule has 0 aromatic heterocycles. The van der Waals surface area contributed by atoms with E-state index in [0.29, 0.717) is 4.83 Å². The molecule has 0 fully saturated rings. The van der Waals surface area contributed by atoms with Crippen LogP contribution < -0.4 is 0 Å². The summed E-state index contributed by atoms with van der Waals surface area (Å²) in [5.41, 5.74) is 2.46. The van der Waals surface area contributed by atoms with Gasteiger partial charge in [-0.3, -0.25) is 0 Å². The molecule has 1 aliphatic rings. The molecule has 1 aliphatic carbocycles. The van der Waals surface area contributed by atoms with Gasteiger partial charge in [-0.05, 0) is 44.9 Å². The van der Waals surface area contributed by atoms with Crippen molar-refractivity contribution < 1.29 is 5.11 Å². The smallest absolute Gasteiger partial charge is 0.0800 e. The predicted octanol–water partition coefficient (Wildman–Crippen LogP) is 4.60. The van der Waals surface area contributed by atoms with Crippen molar-refractivity contribution in [2.45, 2.75) is 63.8 Å². The molecule has 0 radical (unpaired) electrons. The number of allylic oxidation sites excluding steroid dienone is 2. The van der Waals surface area contributed by atoms with Gasteiger partial charge in [0.05, 0.1) is 5.60 Å². The molecule has 0 saturated heterocycles. The lowest BCUT2D eigenvalue weighted by molar-refractivity contribution is 0.100. The van der Waals surface area contributed by atoms with Crippen molar-refractivity contribution in [1.82, 2.24) is 0 Å². The van der Waals surface area contributed by atoms with Gasteiger partial charge >= 0.3 is 0 Å². The van der Waals surface area contributed by atoms with Crippen molar-refractivity contribution in [2.75, 3.05) is 0 Å². The average molecular weight is 301 g/mol. The van der Waals surface area contributed by atoms with E-state index in [9.17, 15) is 5.11 Å². The van der Waals surface area contributed by atoms with E-state index in [1.165, 1.54) is 24.0 Å². The van der Waals surface area contributed by atoms with Crippen LogP contribution in [0.1, 0.15) is 53.4 Å². The van der Waals surface area contributed by atoms with Gasteiger partial charge in [0.15, 0.2) is 0 Å². The Bertz CT molecular complexity index is 326. The summed E-state index contributed by atoms with van der Waals surface area (Å²) in [7, 11) is 0. The van der Waals surface area contributed by atoms with Crippen molar-refractivity contribution in [3.05, 3.63) is 23.8 Å². The van der Waals surface area contributed by atoms with E-state index >= 15 is 0 Å². The monoisotopic (exact) mass is 300 g/mol. The number of hydrogen-bond donors (Lipinski definition) is 1. The minimum absolute atomic E-state index is 0.194. The molecule has 0 aromatic rings. The van der Waals surface area contributed by atoms with E-state index in [1.54, 1.807) is 6.08 Å². The Morgan fingerprint density at radius 1 is 1.59 bits per heavy atom. The first kappa shape index (κ1) is 15.0. The molecule has 0 aliphatic heterocycles. The number of rotatable bonds is 4. The van der Waals surface area contributed by atoms with Crippen LogP contribution in [0.25, 0.3) is 0 Å². The molecule has 2 atom stereocenters. The molecule has 0 amide bonds. The van der Waals surface area contributed by atoms with Gasteiger partial charge in [0.1, 0.15) is 0 Å². The van der Waals surface area contributed by atoms with E-state index < -0.39 is 5.60 Å². The number of alkyl halides is 1. The molecule has 17 heavy (non-hydrogen) atoms. The highest BCUT2D eigenvalue weighted by atomic mass is 79.9. The van der Waals surface area contributed by atoms with E-state index in [0.717, 1.165) is 12.8 Å². The van der Waals surface area contributed by atoms with Crippen molar-refractivity contribution in [1.29, 1.82) is 0 Å². The maximum absolute atomic E-state index is 10.0. The molecule has 1 N–H and O–H groups in total. The number of aliphatic hydroxyl groups is 1. The van der Waals surface area contributed by atoms with Crippen LogP contribution in [0.4, 0.5) is 0 Å². The second-order valence-electron chi connectivity index (χ2n) is 6.05. The summed E-state index contributed by atoms with van der Waals surface area (Å²) >= 11 is 3.80. The van der Waals surface area contributed by atoms with E-state index in [-0.39, 0.29) is 5.41 Å². The molecule has 0 heterocycles. The fourth-order valence-electron chi connectivity index (χ4n) is 2.61. The molecule has 1 rings (SSSR count). The first-order chi connectivity index (χ1) is 7.70. The largest absolute Gasteiger partial charge is 0.386 e. The third-order valence-corrected chi connectivity index (χ3v) is 5.77. The molecule has 0 bridgehead atoms. The van der Waals surface area contributed by atoms with Crippen LogP contribution in [0.15, 0.2) is 23.8 Å². The Balaban J connectivity index is 2.84. The third-order valence-electron chi connectivity index (χ3n) is 4.17. The maximum atomic E-state index is 10.0. The van der Waals surface area contributed by atoms with E-state index in [1.807, 2.05) is 6.92 Å². The third kappa shape index (κ3) is 3.45. The molecule has 0 aromatic carbocycles. The van der Waals surface area contributed by atoms with Gasteiger partial charge in [-0.25, -0.2) is 0 Å². The Kier molecular flexibility index (Phi) is 4.65. The van der Waals surface area contributed by atoms with Gasteiger partial charge < -0.3 is 5.11 Å². The van der Waals surface area contributed by atoms with E-state index in [4.69, 9.17) is 0 Å². The topological polar surface area (TPSA) is 20.2 Å². The lowest BCUT2D eigenvalue weighted by Gasteiger charge is -2.40. The number of hydrogen-bond acceptors (Lipinski definition) is 1. The highest BCUT2D eigenvalue weighted by Gasteiger charge is 2.36. The zero-order valence-corrected chi connectivity index (χ0v) is 13.1. The van der Waals surface area contributed by atoms with Gasteiger partial charge in [-0.15, -0.1) is 6.58 Å². The first-order valence-corrected chi connectivity index (χ1v) is 7.31. The van der Waals surface area contributed by atoms with Crippen LogP contribution >= 0.6 is 15.9 Å². The SMILES string of the molecule is C=C[C@](C)(O)CCC1=C(C)CC[C@H](Br)C1(C)C. The van der Waals surface area contributed by atoms with Gasteiger partial charge in [0.25, 0.3) is 0 Å². The summed E-state index contributed by atoms with van der Waals surface area (Å²) in [4.78, 5) is 0.544. The normalized spacial score (nSPS) is 27.8. The highest BCUT2D eigenvalue weighted by Crippen LogP contribution is 2.46. The summed E-state index contributed by atoms with van der Waals surface area (Å²) in [6, 6.07) is 0. The minimum Gasteiger partial charge on any atom is -0.386 e. The van der Waals surface area contributed by atoms with Gasteiger partial charge in [-0.1, -0.05) is 47.0 Å². The molecule has 0 saturated carbocycles. The summed E-state index contributed by atoms with van der Waals surface area (Å²) in [5.74, 6) is 0. The first-order valence-electron chi connectivity index (χ1n) is 6.40. The summed E-state index contributed by atoms with van der Waals surface area (Å²) in [6.45, 7) is 12.4. The average Bonchev–Trinajstić information content (AvgIpc) is 2.23. The Morgan fingerprint density at radius 3 is 2.71 bits per heavy atom. The predicted molar refractivity (Wildman–Crippen MR) is 78.5 cm³/mol. The van der Waals surface area contributed by atoms with Gasteiger partial charge in [-0.2, -0.15) is 0 Å². The van der Waals surface area contributed by atoms with Crippen LogP contribution in [0.5, 0.6) is 0 Å². The molecule has 2 heteroatoms. The van der Waals surface area contributed by atoms with Crippen LogP contribution in [0, 0.1) is 5.41 Å². The van der Waals surface area contributed by atoms with Crippen molar-refractivity contribution in [2.24, 2.45) is 5.41 Å². The molecule has 98 valence electrons. The fraction of sp³-hybridized carbons (Fsp3) is 0.733. The summed E-state index contributed by atoms with van der Waals surface area (Å²) in [6.07, 6.45) is 5.74. The highest BCUT2D eigenvalue weighted by molar-refractivity contribution is 9.09. The maximum Gasteiger partial charge on any atom is 0.0800 e. The quantitative estimate of drug-likeness (QED) is 0.594. The van der Waals surface area contributed by atoms with Crippen molar-refractivity contribution in [3.8, 4) is 0 Å². The molecule has 0 spiro atoms. The van der Waals surface area contributed by atoms with Crippen LogP contribution in [0.3, 0.4) is 0 Å². The zero-order valence-electron chi connectivity index (χ0n) is 11.5. The summed E-state index contributed by atoms with van der Waals surface area (Å²) in [5, 5.41) is 10.0. The number of halogens is 1. The van der Waals surface area contributed by atoms with Crippen LogP contribution in [-0.4, -0.2) is 15.5 Å². The van der Waals surface area contributed by atoms with Gasteiger partial charge in [0.2, 0.25) is 0 Å². The Labute approximate surface area is 114 Å². The fourth-order valence-corrected chi connectivity index (χ4v) is 3.11. The lowest BCUT2D eigenvalue weighted by Crippen LogP contribution is -2.32. The Hall–Kier alpha value is -0.0800. The minimum atomic E-state index is -0.747.